The van der Waals surface area contributed by atoms with Gasteiger partial charge in [0.2, 0.25) is 0 Å². The van der Waals surface area contributed by atoms with Gasteiger partial charge in [-0.05, 0) is 31.6 Å². The monoisotopic (exact) mass is 836 g/mol. The number of aliphatic hydroxyl groups is 3. The van der Waals surface area contributed by atoms with Crippen molar-refractivity contribution in [1.82, 2.24) is 0 Å². The molecule has 0 aromatic carbocycles. The Hall–Kier alpha value is -3.75. The van der Waals surface area contributed by atoms with E-state index in [0.717, 1.165) is 6.92 Å². The molecular formula is C27H26F18O9. The Bertz CT molecular complexity index is 1330. The Balaban J connectivity index is 0.000000792. The fourth-order valence-electron chi connectivity index (χ4n) is 3.84. The second-order valence-corrected chi connectivity index (χ2v) is 11.2. The van der Waals surface area contributed by atoms with E-state index in [-0.39, 0.29) is 11.8 Å². The molecule has 0 amide bonds. The summed E-state index contributed by atoms with van der Waals surface area (Å²) in [5.74, 6) is -4.96. The highest BCUT2D eigenvalue weighted by Crippen LogP contribution is 2.47. The number of ether oxygens (including phenoxy) is 3. The van der Waals surface area contributed by atoms with E-state index in [2.05, 4.69) is 27.4 Å². The van der Waals surface area contributed by atoms with Crippen LogP contribution < -0.4 is 0 Å². The summed E-state index contributed by atoms with van der Waals surface area (Å²) in [6.07, 6.45) is -31.1. The van der Waals surface area contributed by atoms with E-state index in [4.69, 9.17) is 15.3 Å². The fourth-order valence-corrected chi connectivity index (χ4v) is 3.84. The zero-order valence-corrected chi connectivity index (χ0v) is 26.5. The van der Waals surface area contributed by atoms with Crippen molar-refractivity contribution in [2.45, 2.75) is 73.6 Å². The molecule has 2 rings (SSSR count). The Labute approximate surface area is 289 Å². The van der Waals surface area contributed by atoms with Crippen LogP contribution in [0.15, 0.2) is 37.0 Å². The van der Waals surface area contributed by atoms with Crippen LogP contribution >= 0.6 is 0 Å². The fraction of sp³-hybridized carbons (Fsp3) is 0.667. The second kappa shape index (κ2) is 16.9. The lowest BCUT2D eigenvalue weighted by Gasteiger charge is -2.32. The summed E-state index contributed by atoms with van der Waals surface area (Å²) in [6, 6.07) is 0. The number of allylic oxidation sites excluding steroid dienone is 2. The van der Waals surface area contributed by atoms with E-state index in [1.165, 1.54) is 0 Å². The quantitative estimate of drug-likeness (QED) is 0.0824. The number of fused-ring (bicyclic) bond motifs is 2. The molecule has 3 N–H and O–H groups in total. The van der Waals surface area contributed by atoms with E-state index in [9.17, 15) is 93.4 Å². The van der Waals surface area contributed by atoms with Crippen molar-refractivity contribution in [3.05, 3.63) is 37.0 Å². The summed E-state index contributed by atoms with van der Waals surface area (Å²) in [7, 11) is 0. The number of halogens is 18. The van der Waals surface area contributed by atoms with E-state index in [1.54, 1.807) is 6.08 Å². The molecule has 1 fully saturated rings. The van der Waals surface area contributed by atoms with Crippen molar-refractivity contribution >= 4 is 17.9 Å². The van der Waals surface area contributed by atoms with E-state index < -0.39 is 103 Å². The minimum atomic E-state index is -6.01. The van der Waals surface area contributed by atoms with Crippen molar-refractivity contribution in [2.75, 3.05) is 19.8 Å². The van der Waals surface area contributed by atoms with Gasteiger partial charge in [-0.1, -0.05) is 25.3 Å². The number of esters is 3. The molecular weight excluding hydrogens is 810 g/mol. The van der Waals surface area contributed by atoms with Gasteiger partial charge in [0.25, 0.3) is 16.8 Å². The minimum absolute atomic E-state index is 0.108. The summed E-state index contributed by atoms with van der Waals surface area (Å²) in [5, 5.41) is 25.9. The largest absolute Gasteiger partial charge is 0.462 e. The molecule has 2 aliphatic carbocycles. The average Bonchev–Trinajstić information content (AvgIpc) is 3.62. The molecule has 9 nitrogen and oxygen atoms in total. The Kier molecular flexibility index (Phi) is 15.8. The van der Waals surface area contributed by atoms with E-state index in [0.29, 0.717) is 18.9 Å². The first-order chi connectivity index (χ1) is 23.7. The van der Waals surface area contributed by atoms with Crippen molar-refractivity contribution in [3.63, 3.8) is 0 Å². The number of hydrogen-bond donors (Lipinski definition) is 3. The summed E-state index contributed by atoms with van der Waals surface area (Å²) in [4.78, 5) is 32.6. The molecule has 2 aliphatic rings. The van der Waals surface area contributed by atoms with Gasteiger partial charge in [0.1, 0.15) is 19.8 Å². The van der Waals surface area contributed by atoms with Crippen molar-refractivity contribution in [2.24, 2.45) is 17.8 Å². The Morgan fingerprint density at radius 1 is 0.611 bits per heavy atom. The van der Waals surface area contributed by atoms with Gasteiger partial charge in [-0.2, -0.15) is 79.0 Å². The number of hydrogen-bond acceptors (Lipinski definition) is 9. The highest BCUT2D eigenvalue weighted by molar-refractivity contribution is 5.87. The zero-order chi connectivity index (χ0) is 43.3. The van der Waals surface area contributed by atoms with Gasteiger partial charge in [-0.3, -0.25) is 4.79 Å². The van der Waals surface area contributed by atoms with Crippen LogP contribution in [-0.4, -0.2) is 107 Å². The smallest absolute Gasteiger partial charge is 0.429 e. The first kappa shape index (κ1) is 50.2. The molecule has 0 aliphatic heterocycles. The maximum Gasteiger partial charge on any atom is 0.429 e. The first-order valence-corrected chi connectivity index (χ1v) is 13.8. The predicted molar refractivity (Wildman–Crippen MR) is 138 cm³/mol. The summed E-state index contributed by atoms with van der Waals surface area (Å²) in [6.45, 7) is 0.0295. The lowest BCUT2D eigenvalue weighted by molar-refractivity contribution is -0.376. The van der Waals surface area contributed by atoms with Gasteiger partial charge < -0.3 is 29.5 Å². The summed E-state index contributed by atoms with van der Waals surface area (Å²) in [5.41, 5.74) is -15.6. The molecule has 0 heterocycles. The van der Waals surface area contributed by atoms with Gasteiger partial charge in [0.05, 0.1) is 5.92 Å². The molecule has 0 spiro atoms. The van der Waals surface area contributed by atoms with Crippen LogP contribution in [0.25, 0.3) is 0 Å². The first-order valence-electron chi connectivity index (χ1n) is 13.8. The van der Waals surface area contributed by atoms with Crippen LogP contribution in [-0.2, 0) is 28.6 Å². The Morgan fingerprint density at radius 3 is 1.20 bits per heavy atom. The topological polar surface area (TPSA) is 140 Å². The number of alkyl halides is 18. The molecule has 314 valence electrons. The standard InChI is InChI=1S/C12H12F6O3.C8H8F6O3.C7H6F6O3/c13-11(14,15)10(20,12(16,17)18)5-21-9(19)8-4-6-1-2-7(8)3-6;1-4(2)5(15)17-3-6(16,7(9,10)11)8(12,13)14;1-2-4(14)16-3-5(15,6(8,9)10)7(11,12)13/h1-2,6-8,20H,3-5H2;16H,1,3H2,2H3;2,15H,1,3H2. The molecule has 1 saturated carbocycles. The lowest BCUT2D eigenvalue weighted by atomic mass is 9.94. The highest BCUT2D eigenvalue weighted by Gasteiger charge is 2.73. The van der Waals surface area contributed by atoms with Gasteiger partial charge in [0.15, 0.2) is 0 Å². The van der Waals surface area contributed by atoms with Gasteiger partial charge in [-0.25, -0.2) is 9.59 Å². The highest BCUT2D eigenvalue weighted by atomic mass is 19.4. The van der Waals surface area contributed by atoms with Crippen molar-refractivity contribution in [3.8, 4) is 0 Å². The Morgan fingerprint density at radius 2 is 0.944 bits per heavy atom. The van der Waals surface area contributed by atoms with Crippen LogP contribution in [0.4, 0.5) is 79.0 Å². The van der Waals surface area contributed by atoms with Crippen LogP contribution in [0.5, 0.6) is 0 Å². The van der Waals surface area contributed by atoms with Crippen LogP contribution in [0.3, 0.4) is 0 Å². The van der Waals surface area contributed by atoms with Crippen molar-refractivity contribution < 1.29 is 123 Å². The molecule has 3 atom stereocenters. The van der Waals surface area contributed by atoms with Crippen LogP contribution in [0, 0.1) is 17.8 Å². The van der Waals surface area contributed by atoms with Crippen LogP contribution in [0.1, 0.15) is 19.8 Å². The van der Waals surface area contributed by atoms with Crippen LogP contribution in [0.2, 0.25) is 0 Å². The van der Waals surface area contributed by atoms with Gasteiger partial charge in [0, 0.05) is 11.6 Å². The molecule has 2 bridgehead atoms. The summed E-state index contributed by atoms with van der Waals surface area (Å²) >= 11 is 0. The summed E-state index contributed by atoms with van der Waals surface area (Å²) < 4.78 is 230. The second-order valence-electron chi connectivity index (χ2n) is 11.2. The molecule has 0 aromatic rings. The molecule has 27 heteroatoms. The molecule has 0 saturated heterocycles. The third kappa shape index (κ3) is 11.9. The molecule has 3 unspecified atom stereocenters. The number of carbonyl (C=O) groups excluding carboxylic acids is 3. The predicted octanol–water partition coefficient (Wildman–Crippen LogP) is 6.13. The lowest BCUT2D eigenvalue weighted by Crippen LogP contribution is -2.60. The zero-order valence-electron chi connectivity index (χ0n) is 26.5. The minimum Gasteiger partial charge on any atom is -0.462 e. The molecule has 0 aromatic heterocycles. The SMILES string of the molecule is C=C(C)C(=O)OCC(O)(C(F)(F)F)C(F)(F)F.C=CC(=O)OCC(O)(C(F)(F)F)C(F)(F)F.O=C(OCC(O)(C(F)(F)F)C(F)(F)F)C1CC2C=CC1C2. The van der Waals surface area contributed by atoms with Gasteiger partial charge in [-0.15, -0.1) is 0 Å². The third-order valence-corrected chi connectivity index (χ3v) is 7.17. The average molecular weight is 836 g/mol. The molecule has 0 radical (unpaired) electrons. The third-order valence-electron chi connectivity index (χ3n) is 7.17. The van der Waals surface area contributed by atoms with Crippen molar-refractivity contribution in [1.29, 1.82) is 0 Å². The van der Waals surface area contributed by atoms with E-state index >= 15 is 0 Å². The maximum atomic E-state index is 12.4. The normalized spacial score (nSPS) is 19.5. The number of rotatable bonds is 9. The van der Waals surface area contributed by atoms with Gasteiger partial charge >= 0.3 is 55.0 Å². The maximum absolute atomic E-state index is 12.4. The number of carbonyl (C=O) groups is 3. The molecule has 54 heavy (non-hydrogen) atoms. The van der Waals surface area contributed by atoms with E-state index in [1.807, 2.05) is 6.08 Å².